The van der Waals surface area contributed by atoms with E-state index in [0.29, 0.717) is 43.0 Å². The minimum Gasteiger partial charge on any atom is -0.494 e. The Morgan fingerprint density at radius 3 is 2.56 bits per heavy atom. The second kappa shape index (κ2) is 10.8. The molecule has 1 fully saturated rings. The maximum absolute atomic E-state index is 13.8. The van der Waals surface area contributed by atoms with Gasteiger partial charge in [0, 0.05) is 31.7 Å². The summed E-state index contributed by atoms with van der Waals surface area (Å²) < 4.78 is 48.7. The fourth-order valence-electron chi connectivity index (χ4n) is 3.83. The molecule has 0 radical (unpaired) electrons. The molecule has 2 aromatic carbocycles. The monoisotopic (exact) mass is 463 g/mol. The minimum atomic E-state index is -3.81. The third-order valence-corrected chi connectivity index (χ3v) is 7.50. The number of nitrogens with one attached hydrogen (secondary N) is 1. The van der Waals surface area contributed by atoms with Gasteiger partial charge < -0.3 is 10.1 Å². The minimum absolute atomic E-state index is 0.0714. The molecule has 1 N–H and O–H groups in total. The van der Waals surface area contributed by atoms with Crippen LogP contribution in [-0.2, 0) is 21.5 Å². The maximum atomic E-state index is 13.8. The van der Waals surface area contributed by atoms with Crippen molar-refractivity contribution in [3.8, 4) is 5.75 Å². The summed E-state index contributed by atoms with van der Waals surface area (Å²) >= 11 is 0. The van der Waals surface area contributed by atoms with Gasteiger partial charge >= 0.3 is 10.2 Å². The highest BCUT2D eigenvalue weighted by Crippen LogP contribution is 2.27. The molecule has 0 bridgehead atoms. The van der Waals surface area contributed by atoms with E-state index in [-0.39, 0.29) is 31.4 Å². The second-order valence-electron chi connectivity index (χ2n) is 7.61. The van der Waals surface area contributed by atoms with Gasteiger partial charge in [-0.25, -0.2) is 4.39 Å². The molecule has 1 unspecified atom stereocenters. The third kappa shape index (κ3) is 5.58. The summed E-state index contributed by atoms with van der Waals surface area (Å²) in [5.41, 5.74) is 0.941. The van der Waals surface area contributed by atoms with Gasteiger partial charge in [-0.3, -0.25) is 9.10 Å². The Labute approximate surface area is 189 Å². The van der Waals surface area contributed by atoms with Crippen LogP contribution in [0.25, 0.3) is 0 Å². The lowest BCUT2D eigenvalue weighted by molar-refractivity contribution is -0.126. The van der Waals surface area contributed by atoms with E-state index in [9.17, 15) is 17.6 Å². The number of benzene rings is 2. The SMILES string of the molecule is CCOc1ccc(N(CC)S(=O)(=O)N2CCCC(C(=O)NCc3ccccc3F)C2)cc1. The van der Waals surface area contributed by atoms with Crippen molar-refractivity contribution in [3.63, 3.8) is 0 Å². The van der Waals surface area contributed by atoms with Gasteiger partial charge in [0.2, 0.25) is 5.91 Å². The summed E-state index contributed by atoms with van der Waals surface area (Å²) in [7, 11) is -3.81. The van der Waals surface area contributed by atoms with Crippen molar-refractivity contribution >= 4 is 21.8 Å². The number of halogens is 1. The molecule has 174 valence electrons. The van der Waals surface area contributed by atoms with Gasteiger partial charge in [0.25, 0.3) is 0 Å². The molecule has 0 spiro atoms. The molecule has 1 heterocycles. The first kappa shape index (κ1) is 24.0. The summed E-state index contributed by atoms with van der Waals surface area (Å²) in [5.74, 6) is -0.453. The smallest absolute Gasteiger partial charge is 0.304 e. The molecule has 0 saturated carbocycles. The number of hydrogen-bond acceptors (Lipinski definition) is 4. The molecule has 32 heavy (non-hydrogen) atoms. The number of piperidine rings is 1. The molecule has 1 atom stereocenters. The van der Waals surface area contributed by atoms with Crippen LogP contribution in [0.3, 0.4) is 0 Å². The van der Waals surface area contributed by atoms with Crippen molar-refractivity contribution in [2.45, 2.75) is 33.2 Å². The molecule has 1 amide bonds. The van der Waals surface area contributed by atoms with Crippen LogP contribution in [0.2, 0.25) is 0 Å². The Bertz CT molecular complexity index is 1010. The highest BCUT2D eigenvalue weighted by molar-refractivity contribution is 7.90. The van der Waals surface area contributed by atoms with E-state index in [1.807, 2.05) is 6.92 Å². The molecule has 2 aromatic rings. The molecule has 7 nitrogen and oxygen atoms in total. The predicted octanol–water partition coefficient (Wildman–Crippen LogP) is 3.32. The van der Waals surface area contributed by atoms with E-state index in [1.165, 1.54) is 14.7 Å². The second-order valence-corrected chi connectivity index (χ2v) is 9.46. The standard InChI is InChI=1S/C23H30FN3O4S/c1-3-27(20-11-13-21(14-12-20)31-4-2)32(29,30)26-15-7-9-19(17-26)23(28)25-16-18-8-5-6-10-22(18)24/h5-6,8,10-14,19H,3-4,7,9,15-17H2,1-2H3,(H,25,28). The van der Waals surface area contributed by atoms with Gasteiger partial charge in [0.05, 0.1) is 18.2 Å². The van der Waals surface area contributed by atoms with E-state index < -0.39 is 16.1 Å². The van der Waals surface area contributed by atoms with Gasteiger partial charge in [-0.1, -0.05) is 18.2 Å². The first-order valence-corrected chi connectivity index (χ1v) is 12.3. The fourth-order valence-corrected chi connectivity index (χ4v) is 5.55. The number of hydrogen-bond donors (Lipinski definition) is 1. The third-order valence-electron chi connectivity index (χ3n) is 5.49. The summed E-state index contributed by atoms with van der Waals surface area (Å²) in [5, 5.41) is 2.75. The molecule has 1 aliphatic heterocycles. The van der Waals surface area contributed by atoms with E-state index in [4.69, 9.17) is 4.74 Å². The van der Waals surface area contributed by atoms with Gasteiger partial charge in [0.1, 0.15) is 11.6 Å². The number of anilines is 1. The van der Waals surface area contributed by atoms with Gasteiger partial charge in [-0.2, -0.15) is 12.7 Å². The number of carbonyl (C=O) groups is 1. The van der Waals surface area contributed by atoms with Crippen LogP contribution in [0.4, 0.5) is 10.1 Å². The van der Waals surface area contributed by atoms with Crippen LogP contribution in [0.5, 0.6) is 5.75 Å². The first-order valence-electron chi connectivity index (χ1n) is 10.9. The molecular formula is C23H30FN3O4S. The Morgan fingerprint density at radius 2 is 1.91 bits per heavy atom. The lowest BCUT2D eigenvalue weighted by atomic mass is 9.98. The normalized spacial score (nSPS) is 17.0. The van der Waals surface area contributed by atoms with Crippen molar-refractivity contribution in [1.82, 2.24) is 9.62 Å². The van der Waals surface area contributed by atoms with E-state index in [1.54, 1.807) is 49.4 Å². The summed E-state index contributed by atoms with van der Waals surface area (Å²) in [6.07, 6.45) is 1.17. The predicted molar refractivity (Wildman–Crippen MR) is 122 cm³/mol. The van der Waals surface area contributed by atoms with E-state index >= 15 is 0 Å². The van der Waals surface area contributed by atoms with Crippen molar-refractivity contribution in [2.24, 2.45) is 5.92 Å². The molecule has 1 saturated heterocycles. The largest absolute Gasteiger partial charge is 0.494 e. The number of ether oxygens (including phenoxy) is 1. The van der Waals surface area contributed by atoms with Crippen molar-refractivity contribution in [1.29, 1.82) is 0 Å². The molecule has 0 aromatic heterocycles. The van der Waals surface area contributed by atoms with Crippen LogP contribution < -0.4 is 14.4 Å². The molecule has 3 rings (SSSR count). The molecule has 9 heteroatoms. The zero-order valence-corrected chi connectivity index (χ0v) is 19.3. The van der Waals surface area contributed by atoms with E-state index in [0.717, 1.165) is 0 Å². The van der Waals surface area contributed by atoms with Gasteiger partial charge in [0.15, 0.2) is 0 Å². The number of amides is 1. The first-order chi connectivity index (χ1) is 15.4. The Hall–Kier alpha value is -2.65. The van der Waals surface area contributed by atoms with Crippen LogP contribution in [-0.4, -0.2) is 44.9 Å². The number of rotatable bonds is 9. The topological polar surface area (TPSA) is 79.0 Å². The Morgan fingerprint density at radius 1 is 1.19 bits per heavy atom. The summed E-state index contributed by atoms with van der Waals surface area (Å²) in [6, 6.07) is 13.2. The van der Waals surface area contributed by atoms with Crippen LogP contribution in [0.15, 0.2) is 48.5 Å². The summed E-state index contributed by atoms with van der Waals surface area (Å²) in [6.45, 7) is 4.97. The Balaban J connectivity index is 1.67. The van der Waals surface area contributed by atoms with E-state index in [2.05, 4.69) is 5.32 Å². The van der Waals surface area contributed by atoms with Crippen molar-refractivity contribution < 1.29 is 22.3 Å². The lowest BCUT2D eigenvalue weighted by Crippen LogP contribution is -2.50. The lowest BCUT2D eigenvalue weighted by Gasteiger charge is -2.35. The number of nitrogens with zero attached hydrogens (tertiary/aromatic N) is 2. The van der Waals surface area contributed by atoms with Crippen molar-refractivity contribution in [2.75, 3.05) is 30.5 Å². The molecule has 0 aliphatic carbocycles. The van der Waals surface area contributed by atoms with Gasteiger partial charge in [-0.05, 0) is 57.0 Å². The highest BCUT2D eigenvalue weighted by atomic mass is 32.2. The highest BCUT2D eigenvalue weighted by Gasteiger charge is 2.35. The zero-order chi connectivity index (χ0) is 23.1. The molecule has 1 aliphatic rings. The molecular weight excluding hydrogens is 433 g/mol. The van der Waals surface area contributed by atoms with Crippen LogP contribution in [0.1, 0.15) is 32.3 Å². The van der Waals surface area contributed by atoms with Crippen molar-refractivity contribution in [3.05, 3.63) is 59.9 Å². The average molecular weight is 464 g/mol. The summed E-state index contributed by atoms with van der Waals surface area (Å²) in [4.78, 5) is 12.7. The average Bonchev–Trinajstić information content (AvgIpc) is 2.80. The number of carbonyl (C=O) groups excluding carboxylic acids is 1. The quantitative estimate of drug-likeness (QED) is 0.619. The maximum Gasteiger partial charge on any atom is 0.304 e. The zero-order valence-electron chi connectivity index (χ0n) is 18.5. The van der Waals surface area contributed by atoms with Gasteiger partial charge in [-0.15, -0.1) is 0 Å². The Kier molecular flexibility index (Phi) is 8.09. The fraction of sp³-hybridized carbons (Fsp3) is 0.435. The van der Waals surface area contributed by atoms with Crippen LogP contribution in [0, 0.1) is 11.7 Å². The van der Waals surface area contributed by atoms with Crippen LogP contribution >= 0.6 is 0 Å².